The Hall–Kier alpha value is -3.03. The van der Waals surface area contributed by atoms with Gasteiger partial charge in [0.15, 0.2) is 17.4 Å². The van der Waals surface area contributed by atoms with Crippen LogP contribution in [0.4, 0.5) is 8.78 Å². The quantitative estimate of drug-likeness (QED) is 0.821. The second kappa shape index (κ2) is 7.53. The molecule has 2 amide bonds. The lowest BCUT2D eigenvalue weighted by Gasteiger charge is -2.34. The molecule has 148 valence electrons. The third-order valence-corrected chi connectivity index (χ3v) is 5.02. The van der Waals surface area contributed by atoms with Gasteiger partial charge in [-0.2, -0.15) is 0 Å². The van der Waals surface area contributed by atoms with Crippen LogP contribution in [0.5, 0.6) is 0 Å². The summed E-state index contributed by atoms with van der Waals surface area (Å²) in [6.45, 7) is 6.11. The molecule has 1 fully saturated rings. The number of aromatic nitrogens is 1. The number of benzene rings is 1. The molecule has 1 aliphatic heterocycles. The summed E-state index contributed by atoms with van der Waals surface area (Å²) in [5.74, 6) is -2.82. The number of aromatic amines is 1. The van der Waals surface area contributed by atoms with E-state index in [0.717, 1.165) is 12.1 Å². The van der Waals surface area contributed by atoms with E-state index in [1.54, 1.807) is 18.7 Å². The first-order chi connectivity index (χ1) is 13.2. The van der Waals surface area contributed by atoms with Crippen LogP contribution in [-0.4, -0.2) is 58.6 Å². The molecular weight excluding hydrogens is 368 g/mol. The van der Waals surface area contributed by atoms with Crippen LogP contribution < -0.4 is 0 Å². The van der Waals surface area contributed by atoms with E-state index in [9.17, 15) is 23.2 Å². The normalized spacial score (nSPS) is 14.3. The first-order valence-electron chi connectivity index (χ1n) is 8.94. The number of rotatable bonds is 3. The summed E-state index contributed by atoms with van der Waals surface area (Å²) in [5, 5.41) is 0. The van der Waals surface area contributed by atoms with Gasteiger partial charge in [-0.25, -0.2) is 8.78 Å². The molecule has 1 aromatic heterocycles. The molecule has 0 atom stereocenters. The number of halogens is 2. The summed E-state index contributed by atoms with van der Waals surface area (Å²) >= 11 is 0. The van der Waals surface area contributed by atoms with Crippen LogP contribution in [-0.2, 0) is 0 Å². The Bertz CT molecular complexity index is 960. The molecule has 1 N–H and O–H groups in total. The maximum Gasteiger partial charge on any atom is 0.270 e. The highest BCUT2D eigenvalue weighted by atomic mass is 19.2. The van der Waals surface area contributed by atoms with Crippen molar-refractivity contribution in [1.82, 2.24) is 14.8 Å². The fourth-order valence-corrected chi connectivity index (χ4v) is 3.57. The Morgan fingerprint density at radius 3 is 2.00 bits per heavy atom. The van der Waals surface area contributed by atoms with Gasteiger partial charge >= 0.3 is 0 Å². The Labute approximate surface area is 161 Å². The minimum absolute atomic E-state index is 0.0700. The first-order valence-corrected chi connectivity index (χ1v) is 8.94. The summed E-state index contributed by atoms with van der Waals surface area (Å²) in [5.41, 5.74) is 2.25. The van der Waals surface area contributed by atoms with E-state index in [1.807, 2.05) is 0 Å². The lowest BCUT2D eigenvalue weighted by atomic mass is 10.1. The van der Waals surface area contributed by atoms with Gasteiger partial charge in [0.2, 0.25) is 0 Å². The van der Waals surface area contributed by atoms with E-state index in [-0.39, 0.29) is 30.3 Å². The van der Waals surface area contributed by atoms with Crippen LogP contribution >= 0.6 is 0 Å². The largest absolute Gasteiger partial charge is 0.354 e. The maximum absolute atomic E-state index is 13.4. The van der Waals surface area contributed by atoms with Crippen LogP contribution in [0.3, 0.4) is 0 Å². The van der Waals surface area contributed by atoms with Gasteiger partial charge in [-0.3, -0.25) is 14.4 Å². The van der Waals surface area contributed by atoms with Crippen molar-refractivity contribution in [2.45, 2.75) is 20.8 Å². The van der Waals surface area contributed by atoms with Crippen molar-refractivity contribution in [3.05, 3.63) is 57.9 Å². The Balaban J connectivity index is 1.69. The number of piperazine rings is 1. The molecular formula is C20H21F2N3O3. The van der Waals surface area contributed by atoms with Gasteiger partial charge < -0.3 is 14.8 Å². The zero-order valence-corrected chi connectivity index (χ0v) is 15.9. The predicted molar refractivity (Wildman–Crippen MR) is 98.4 cm³/mol. The molecule has 2 heterocycles. The van der Waals surface area contributed by atoms with Crippen molar-refractivity contribution in [2.75, 3.05) is 26.2 Å². The van der Waals surface area contributed by atoms with Crippen molar-refractivity contribution < 1.29 is 23.2 Å². The van der Waals surface area contributed by atoms with Crippen LogP contribution in [0, 0.1) is 25.5 Å². The Morgan fingerprint density at radius 1 is 0.929 bits per heavy atom. The molecule has 3 rings (SSSR count). The number of ketones is 1. The third kappa shape index (κ3) is 3.54. The molecule has 1 aromatic carbocycles. The smallest absolute Gasteiger partial charge is 0.270 e. The summed E-state index contributed by atoms with van der Waals surface area (Å²) in [6, 6.07) is 3.04. The fourth-order valence-electron chi connectivity index (χ4n) is 3.57. The Morgan fingerprint density at radius 2 is 1.50 bits per heavy atom. The minimum Gasteiger partial charge on any atom is -0.354 e. The molecule has 0 saturated carbocycles. The van der Waals surface area contributed by atoms with Gasteiger partial charge in [-0.15, -0.1) is 0 Å². The highest BCUT2D eigenvalue weighted by molar-refractivity contribution is 6.02. The van der Waals surface area contributed by atoms with Crippen molar-refractivity contribution in [2.24, 2.45) is 0 Å². The number of nitrogens with zero attached hydrogens (tertiary/aromatic N) is 2. The standard InChI is InChI=1S/C20H21F2N3O3/c1-11-17(13(3)26)12(2)23-18(11)20(28)25-8-6-24(7-9-25)19(27)14-4-5-15(21)16(22)10-14/h4-5,10,23H,6-9H2,1-3H3. The molecule has 0 spiro atoms. The molecule has 0 unspecified atom stereocenters. The van der Waals surface area contributed by atoms with Crippen LogP contribution in [0.1, 0.15) is 49.4 Å². The van der Waals surface area contributed by atoms with E-state index in [2.05, 4.69) is 4.98 Å². The number of amides is 2. The molecule has 0 radical (unpaired) electrons. The van der Waals surface area contributed by atoms with Gasteiger partial charge in [0.05, 0.1) is 0 Å². The van der Waals surface area contributed by atoms with E-state index in [1.165, 1.54) is 17.9 Å². The van der Waals surface area contributed by atoms with Gasteiger partial charge in [0, 0.05) is 43.0 Å². The SMILES string of the molecule is CC(=O)c1c(C)[nH]c(C(=O)N2CCN(C(=O)c3ccc(F)c(F)c3)CC2)c1C. The second-order valence-corrected chi connectivity index (χ2v) is 6.89. The average Bonchev–Trinajstić information content (AvgIpc) is 2.97. The molecule has 6 nitrogen and oxygen atoms in total. The summed E-state index contributed by atoms with van der Waals surface area (Å²) < 4.78 is 26.4. The summed E-state index contributed by atoms with van der Waals surface area (Å²) in [4.78, 5) is 43.2. The highest BCUT2D eigenvalue weighted by Gasteiger charge is 2.28. The first kappa shape index (κ1) is 19.7. The minimum atomic E-state index is -1.07. The van der Waals surface area contributed by atoms with Crippen LogP contribution in [0.25, 0.3) is 0 Å². The molecule has 0 aliphatic carbocycles. The molecule has 1 aliphatic rings. The maximum atomic E-state index is 13.4. The molecule has 28 heavy (non-hydrogen) atoms. The molecule has 8 heteroatoms. The van der Waals surface area contributed by atoms with E-state index in [4.69, 9.17) is 0 Å². The highest BCUT2D eigenvalue weighted by Crippen LogP contribution is 2.21. The number of H-pyrrole nitrogens is 1. The van der Waals surface area contributed by atoms with Gasteiger partial charge in [-0.05, 0) is 44.5 Å². The number of hydrogen-bond donors (Lipinski definition) is 1. The van der Waals surface area contributed by atoms with Gasteiger partial charge in [0.25, 0.3) is 11.8 Å². The molecule has 1 saturated heterocycles. The number of hydrogen-bond acceptors (Lipinski definition) is 3. The van der Waals surface area contributed by atoms with Gasteiger partial charge in [-0.1, -0.05) is 0 Å². The van der Waals surface area contributed by atoms with Gasteiger partial charge in [0.1, 0.15) is 5.69 Å². The number of aryl methyl sites for hydroxylation is 1. The zero-order valence-electron chi connectivity index (χ0n) is 15.9. The summed E-state index contributed by atoms with van der Waals surface area (Å²) in [6.07, 6.45) is 0. The topological polar surface area (TPSA) is 73.5 Å². The molecule has 2 aromatic rings. The number of Topliss-reactive ketones (excluding diaryl/α,β-unsaturated/α-hetero) is 1. The lowest BCUT2D eigenvalue weighted by Crippen LogP contribution is -2.50. The number of carbonyl (C=O) groups is 3. The fraction of sp³-hybridized carbons (Fsp3) is 0.350. The average molecular weight is 389 g/mol. The zero-order chi connectivity index (χ0) is 20.6. The van der Waals surface area contributed by atoms with Crippen LogP contribution in [0.15, 0.2) is 18.2 Å². The molecule has 0 bridgehead atoms. The number of carbonyl (C=O) groups excluding carboxylic acids is 3. The lowest BCUT2D eigenvalue weighted by molar-refractivity contribution is 0.0532. The van der Waals surface area contributed by atoms with Crippen molar-refractivity contribution in [3.8, 4) is 0 Å². The monoisotopic (exact) mass is 389 g/mol. The van der Waals surface area contributed by atoms with Crippen molar-refractivity contribution in [3.63, 3.8) is 0 Å². The van der Waals surface area contributed by atoms with E-state index >= 15 is 0 Å². The predicted octanol–water partition coefficient (Wildman–Crippen LogP) is 2.71. The second-order valence-electron chi connectivity index (χ2n) is 6.89. The van der Waals surface area contributed by atoms with Crippen LogP contribution in [0.2, 0.25) is 0 Å². The summed E-state index contributed by atoms with van der Waals surface area (Å²) in [7, 11) is 0. The van der Waals surface area contributed by atoms with E-state index < -0.39 is 17.5 Å². The third-order valence-electron chi connectivity index (χ3n) is 5.02. The van der Waals surface area contributed by atoms with Crippen molar-refractivity contribution >= 4 is 17.6 Å². The number of nitrogens with one attached hydrogen (secondary N) is 1. The van der Waals surface area contributed by atoms with E-state index in [0.29, 0.717) is 35.6 Å². The van der Waals surface area contributed by atoms with Crippen molar-refractivity contribution in [1.29, 1.82) is 0 Å². The Kier molecular flexibility index (Phi) is 5.31.